The van der Waals surface area contributed by atoms with Crippen LogP contribution in [0.3, 0.4) is 0 Å². The number of methoxy groups -OCH3 is 1. The minimum Gasteiger partial charge on any atom is -0.481 e. The molecule has 0 fully saturated rings. The molecule has 0 bridgehead atoms. The van der Waals surface area contributed by atoms with Crippen molar-refractivity contribution in [3.63, 3.8) is 0 Å². The van der Waals surface area contributed by atoms with Crippen LogP contribution in [0.2, 0.25) is 5.15 Å². The molecule has 1 aromatic heterocycles. The standard InChI is InChI=1S/C7H7ClN4O/c1-13-7-5(4-10-12-9)2-3-6(8)11-7/h2-3H,4H2,1H3. The molecule has 13 heavy (non-hydrogen) atoms. The second-order valence-electron chi connectivity index (χ2n) is 2.19. The van der Waals surface area contributed by atoms with Gasteiger partial charge in [0, 0.05) is 10.5 Å². The smallest absolute Gasteiger partial charge is 0.217 e. The van der Waals surface area contributed by atoms with E-state index in [4.69, 9.17) is 21.9 Å². The van der Waals surface area contributed by atoms with Crippen LogP contribution in [-0.4, -0.2) is 12.1 Å². The summed E-state index contributed by atoms with van der Waals surface area (Å²) in [7, 11) is 1.48. The van der Waals surface area contributed by atoms with Gasteiger partial charge in [-0.3, -0.25) is 0 Å². The predicted octanol–water partition coefficient (Wildman–Crippen LogP) is 2.55. The molecule has 1 heterocycles. The summed E-state index contributed by atoms with van der Waals surface area (Å²) in [6, 6.07) is 3.33. The van der Waals surface area contributed by atoms with Gasteiger partial charge in [-0.2, -0.15) is 0 Å². The fraction of sp³-hybridized carbons (Fsp3) is 0.286. The van der Waals surface area contributed by atoms with E-state index in [1.165, 1.54) is 7.11 Å². The van der Waals surface area contributed by atoms with Crippen LogP contribution in [0.15, 0.2) is 17.2 Å². The monoisotopic (exact) mass is 198 g/mol. The number of rotatable bonds is 3. The van der Waals surface area contributed by atoms with Crippen LogP contribution in [-0.2, 0) is 6.54 Å². The van der Waals surface area contributed by atoms with Gasteiger partial charge in [-0.05, 0) is 11.6 Å². The number of hydrogen-bond acceptors (Lipinski definition) is 3. The molecule has 6 heteroatoms. The molecule has 0 aromatic carbocycles. The molecule has 5 nitrogen and oxygen atoms in total. The van der Waals surface area contributed by atoms with E-state index in [2.05, 4.69) is 15.0 Å². The molecule has 0 unspecified atom stereocenters. The lowest BCUT2D eigenvalue weighted by Gasteiger charge is -2.03. The summed E-state index contributed by atoms with van der Waals surface area (Å²) in [6.07, 6.45) is 0. The van der Waals surface area contributed by atoms with Crippen molar-refractivity contribution in [1.29, 1.82) is 0 Å². The van der Waals surface area contributed by atoms with E-state index in [0.29, 0.717) is 16.6 Å². The summed E-state index contributed by atoms with van der Waals surface area (Å²) in [5.74, 6) is 0.389. The molecule has 0 aliphatic heterocycles. The Kier molecular flexibility index (Phi) is 3.37. The highest BCUT2D eigenvalue weighted by Gasteiger charge is 2.03. The number of nitrogens with zero attached hydrogens (tertiary/aromatic N) is 4. The first-order chi connectivity index (χ1) is 6.27. The Bertz CT molecular complexity index is 348. The highest BCUT2D eigenvalue weighted by atomic mass is 35.5. The van der Waals surface area contributed by atoms with Gasteiger partial charge >= 0.3 is 0 Å². The summed E-state index contributed by atoms with van der Waals surface area (Å²) in [5, 5.41) is 3.75. The second kappa shape index (κ2) is 4.54. The van der Waals surface area contributed by atoms with Crippen molar-refractivity contribution in [2.24, 2.45) is 5.11 Å². The number of pyridine rings is 1. The first-order valence-corrected chi connectivity index (χ1v) is 3.86. The van der Waals surface area contributed by atoms with E-state index < -0.39 is 0 Å². The van der Waals surface area contributed by atoms with Gasteiger partial charge in [-0.25, -0.2) is 4.98 Å². The third-order valence-corrected chi connectivity index (χ3v) is 1.61. The van der Waals surface area contributed by atoms with Crippen LogP contribution in [0.4, 0.5) is 0 Å². The third-order valence-electron chi connectivity index (χ3n) is 1.40. The van der Waals surface area contributed by atoms with Crippen LogP contribution in [0, 0.1) is 0 Å². The Morgan fingerprint density at radius 3 is 3.08 bits per heavy atom. The minimum atomic E-state index is 0.212. The maximum atomic E-state index is 8.12. The zero-order valence-electron chi connectivity index (χ0n) is 6.94. The SMILES string of the molecule is COc1nc(Cl)ccc1CN=[N+]=[N-]. The summed E-state index contributed by atoms with van der Waals surface area (Å²) in [4.78, 5) is 6.54. The topological polar surface area (TPSA) is 70.9 Å². The van der Waals surface area contributed by atoms with Crippen molar-refractivity contribution in [3.05, 3.63) is 33.3 Å². The van der Waals surface area contributed by atoms with Crippen molar-refractivity contribution >= 4 is 11.6 Å². The number of azide groups is 1. The lowest BCUT2D eigenvalue weighted by Crippen LogP contribution is -1.93. The van der Waals surface area contributed by atoms with Crippen LogP contribution in [0.5, 0.6) is 5.88 Å². The van der Waals surface area contributed by atoms with Crippen molar-refractivity contribution in [2.45, 2.75) is 6.54 Å². The average Bonchev–Trinajstić information content (AvgIpc) is 2.16. The highest BCUT2D eigenvalue weighted by molar-refractivity contribution is 6.29. The summed E-state index contributed by atoms with van der Waals surface area (Å²) < 4.78 is 4.94. The first-order valence-electron chi connectivity index (χ1n) is 3.48. The average molecular weight is 199 g/mol. The molecule has 0 amide bonds. The number of ether oxygens (including phenoxy) is 1. The molecule has 0 radical (unpaired) electrons. The van der Waals surface area contributed by atoms with Crippen LogP contribution in [0.1, 0.15) is 5.56 Å². The zero-order chi connectivity index (χ0) is 9.68. The first kappa shape index (κ1) is 9.64. The van der Waals surface area contributed by atoms with Gasteiger partial charge in [0.15, 0.2) is 0 Å². The van der Waals surface area contributed by atoms with Crippen molar-refractivity contribution in [1.82, 2.24) is 4.98 Å². The molecule has 68 valence electrons. The molecule has 0 saturated carbocycles. The number of hydrogen-bond donors (Lipinski definition) is 0. The Morgan fingerprint density at radius 1 is 1.69 bits per heavy atom. The fourth-order valence-electron chi connectivity index (χ4n) is 0.852. The van der Waals surface area contributed by atoms with Crippen molar-refractivity contribution < 1.29 is 4.74 Å². The molecular weight excluding hydrogens is 192 g/mol. The molecule has 0 saturated heterocycles. The summed E-state index contributed by atoms with van der Waals surface area (Å²) in [6.45, 7) is 0.212. The highest BCUT2D eigenvalue weighted by Crippen LogP contribution is 2.19. The largest absolute Gasteiger partial charge is 0.481 e. The van der Waals surface area contributed by atoms with Crippen LogP contribution >= 0.6 is 11.6 Å². The van der Waals surface area contributed by atoms with Gasteiger partial charge in [0.05, 0.1) is 13.7 Å². The quantitative estimate of drug-likeness (QED) is 0.324. The van der Waals surface area contributed by atoms with Crippen molar-refractivity contribution in [3.8, 4) is 5.88 Å². The minimum absolute atomic E-state index is 0.212. The number of halogens is 1. The molecular formula is C7H7ClN4O. The van der Waals surface area contributed by atoms with Gasteiger partial charge in [0.25, 0.3) is 0 Å². The van der Waals surface area contributed by atoms with Gasteiger partial charge in [-0.1, -0.05) is 22.8 Å². The normalized spacial score (nSPS) is 9.08. The van der Waals surface area contributed by atoms with Gasteiger partial charge < -0.3 is 4.74 Å². The molecule has 0 aliphatic carbocycles. The van der Waals surface area contributed by atoms with E-state index in [1.54, 1.807) is 12.1 Å². The van der Waals surface area contributed by atoms with E-state index in [0.717, 1.165) is 0 Å². The Hall–Kier alpha value is -1.45. The number of aromatic nitrogens is 1. The Labute approximate surface area is 79.9 Å². The fourth-order valence-corrected chi connectivity index (χ4v) is 0.991. The maximum absolute atomic E-state index is 8.12. The summed E-state index contributed by atoms with van der Waals surface area (Å²) in [5.41, 5.74) is 8.83. The Morgan fingerprint density at radius 2 is 2.46 bits per heavy atom. The molecule has 0 N–H and O–H groups in total. The lowest BCUT2D eigenvalue weighted by atomic mass is 10.3. The van der Waals surface area contributed by atoms with E-state index >= 15 is 0 Å². The molecule has 0 aliphatic rings. The van der Waals surface area contributed by atoms with Gasteiger partial charge in [0.2, 0.25) is 5.88 Å². The molecule has 1 rings (SSSR count). The van der Waals surface area contributed by atoms with Crippen LogP contribution < -0.4 is 4.74 Å². The summed E-state index contributed by atoms with van der Waals surface area (Å²) >= 11 is 5.64. The molecule has 0 spiro atoms. The van der Waals surface area contributed by atoms with Crippen molar-refractivity contribution in [2.75, 3.05) is 7.11 Å². The molecule has 1 aromatic rings. The van der Waals surface area contributed by atoms with Crippen LogP contribution in [0.25, 0.3) is 10.4 Å². The second-order valence-corrected chi connectivity index (χ2v) is 2.58. The van der Waals surface area contributed by atoms with Gasteiger partial charge in [0.1, 0.15) is 5.15 Å². The zero-order valence-corrected chi connectivity index (χ0v) is 7.69. The van der Waals surface area contributed by atoms with E-state index in [1.807, 2.05) is 0 Å². The van der Waals surface area contributed by atoms with E-state index in [-0.39, 0.29) is 6.54 Å². The van der Waals surface area contributed by atoms with E-state index in [9.17, 15) is 0 Å². The maximum Gasteiger partial charge on any atom is 0.217 e. The molecule has 0 atom stereocenters. The van der Waals surface area contributed by atoms with Gasteiger partial charge in [-0.15, -0.1) is 0 Å². The third kappa shape index (κ3) is 2.50. The predicted molar refractivity (Wildman–Crippen MR) is 48.6 cm³/mol. The lowest BCUT2D eigenvalue weighted by molar-refractivity contribution is 0.392. The Balaban J connectivity index is 2.98.